The number of allylic oxidation sites excluding steroid dienone is 1. The third kappa shape index (κ3) is 2.86. The summed E-state index contributed by atoms with van der Waals surface area (Å²) in [5, 5.41) is 0. The van der Waals surface area contributed by atoms with Crippen molar-refractivity contribution in [3.8, 4) is 0 Å². The van der Waals surface area contributed by atoms with Gasteiger partial charge in [-0.1, -0.05) is 29.8 Å². The maximum Gasteiger partial charge on any atom is 0.155 e. The molecule has 0 saturated carbocycles. The molecule has 0 saturated heterocycles. The van der Waals surface area contributed by atoms with Gasteiger partial charge in [0.25, 0.3) is 0 Å². The monoisotopic (exact) mass is 174 g/mol. The van der Waals surface area contributed by atoms with Gasteiger partial charge >= 0.3 is 0 Å². The zero-order valence-corrected chi connectivity index (χ0v) is 8.29. The molecule has 0 radical (unpaired) electrons. The van der Waals surface area contributed by atoms with Crippen LogP contribution < -0.4 is 0 Å². The van der Waals surface area contributed by atoms with Crippen molar-refractivity contribution < 1.29 is 4.79 Å². The normalized spacial score (nSPS) is 11.5. The number of Topliss-reactive ketones (excluding diaryl/α,β-unsaturated/α-hetero) is 1. The quantitative estimate of drug-likeness (QED) is 0.630. The third-order valence-corrected chi connectivity index (χ3v) is 1.98. The van der Waals surface area contributed by atoms with Crippen LogP contribution in [0.25, 0.3) is 6.08 Å². The molecule has 68 valence electrons. The number of aryl methyl sites for hydroxylation is 1. The summed E-state index contributed by atoms with van der Waals surface area (Å²) in [5.74, 6) is 0.126. The second kappa shape index (κ2) is 4.04. The Balaban J connectivity index is 2.97. The van der Waals surface area contributed by atoms with Gasteiger partial charge in [0.1, 0.15) is 0 Å². The Hall–Kier alpha value is -1.37. The molecule has 0 aromatic heterocycles. The minimum atomic E-state index is 0.126. The highest BCUT2D eigenvalue weighted by molar-refractivity contribution is 5.97. The Morgan fingerprint density at radius 2 is 2.00 bits per heavy atom. The number of benzene rings is 1. The second-order valence-corrected chi connectivity index (χ2v) is 3.30. The molecule has 1 aromatic rings. The predicted octanol–water partition coefficient (Wildman–Crippen LogP) is 2.99. The number of rotatable bonds is 2. The summed E-state index contributed by atoms with van der Waals surface area (Å²) in [5.41, 5.74) is 3.10. The highest BCUT2D eigenvalue weighted by Gasteiger charge is 1.96. The van der Waals surface area contributed by atoms with E-state index in [0.717, 1.165) is 11.1 Å². The highest BCUT2D eigenvalue weighted by Crippen LogP contribution is 2.09. The van der Waals surface area contributed by atoms with Gasteiger partial charge in [-0.2, -0.15) is 0 Å². The molecule has 1 nitrogen and oxygen atoms in total. The van der Waals surface area contributed by atoms with E-state index in [1.165, 1.54) is 5.56 Å². The van der Waals surface area contributed by atoms with E-state index in [1.54, 1.807) is 6.92 Å². The minimum Gasteiger partial charge on any atom is -0.295 e. The van der Waals surface area contributed by atoms with Crippen molar-refractivity contribution in [1.82, 2.24) is 0 Å². The Morgan fingerprint density at radius 1 is 1.31 bits per heavy atom. The second-order valence-electron chi connectivity index (χ2n) is 3.30. The summed E-state index contributed by atoms with van der Waals surface area (Å²) in [7, 11) is 0. The van der Waals surface area contributed by atoms with Crippen molar-refractivity contribution in [3.05, 3.63) is 41.0 Å². The van der Waals surface area contributed by atoms with Gasteiger partial charge in [-0.15, -0.1) is 0 Å². The Labute approximate surface area is 79.1 Å². The number of carbonyl (C=O) groups excluding carboxylic acids is 1. The van der Waals surface area contributed by atoms with Gasteiger partial charge in [0.05, 0.1) is 0 Å². The number of hydrogen-bond acceptors (Lipinski definition) is 1. The van der Waals surface area contributed by atoms with Crippen molar-refractivity contribution in [2.75, 3.05) is 0 Å². The standard InChI is InChI=1S/C12H14O/c1-9-5-4-6-12(7-9)8-10(2)11(3)13/h4-8H,1-3H3. The molecule has 13 heavy (non-hydrogen) atoms. The summed E-state index contributed by atoms with van der Waals surface area (Å²) in [6.07, 6.45) is 1.91. The molecule has 0 aliphatic carbocycles. The average molecular weight is 174 g/mol. The van der Waals surface area contributed by atoms with E-state index >= 15 is 0 Å². The molecule has 0 heterocycles. The first-order valence-electron chi connectivity index (χ1n) is 4.35. The van der Waals surface area contributed by atoms with Crippen LogP contribution in [0.5, 0.6) is 0 Å². The maximum atomic E-state index is 11.0. The van der Waals surface area contributed by atoms with Crippen LogP contribution in [-0.2, 0) is 4.79 Å². The Morgan fingerprint density at radius 3 is 2.54 bits per heavy atom. The maximum absolute atomic E-state index is 11.0. The SMILES string of the molecule is CC(=O)C(C)=Cc1cccc(C)c1. The van der Waals surface area contributed by atoms with Gasteiger partial charge in [-0.3, -0.25) is 4.79 Å². The van der Waals surface area contributed by atoms with Crippen LogP contribution in [0, 0.1) is 6.92 Å². The number of carbonyl (C=O) groups is 1. The fraction of sp³-hybridized carbons (Fsp3) is 0.250. The molecular formula is C12H14O. The Bertz CT molecular complexity index is 348. The molecule has 0 bridgehead atoms. The van der Waals surface area contributed by atoms with E-state index in [-0.39, 0.29) is 5.78 Å². The summed E-state index contributed by atoms with van der Waals surface area (Å²) in [4.78, 5) is 11.0. The molecule has 0 aliphatic heterocycles. The highest BCUT2D eigenvalue weighted by atomic mass is 16.1. The fourth-order valence-electron chi connectivity index (χ4n) is 1.11. The van der Waals surface area contributed by atoms with Crippen molar-refractivity contribution in [2.24, 2.45) is 0 Å². The molecule has 1 rings (SSSR count). The zero-order chi connectivity index (χ0) is 9.84. The fourth-order valence-corrected chi connectivity index (χ4v) is 1.11. The molecule has 0 aliphatic rings. The lowest BCUT2D eigenvalue weighted by Gasteiger charge is -1.97. The van der Waals surface area contributed by atoms with Gasteiger partial charge in [0.15, 0.2) is 5.78 Å². The molecule has 0 fully saturated rings. The van der Waals surface area contributed by atoms with Gasteiger partial charge in [-0.25, -0.2) is 0 Å². The van der Waals surface area contributed by atoms with E-state index in [4.69, 9.17) is 0 Å². The molecule has 0 amide bonds. The van der Waals surface area contributed by atoms with Gasteiger partial charge < -0.3 is 0 Å². The van der Waals surface area contributed by atoms with Gasteiger partial charge in [0.2, 0.25) is 0 Å². The molecule has 1 aromatic carbocycles. The summed E-state index contributed by atoms with van der Waals surface area (Å²) in [6, 6.07) is 8.10. The van der Waals surface area contributed by atoms with Crippen LogP contribution in [0.15, 0.2) is 29.8 Å². The molecule has 0 N–H and O–H groups in total. The summed E-state index contributed by atoms with van der Waals surface area (Å²) < 4.78 is 0. The van der Waals surface area contributed by atoms with Crippen molar-refractivity contribution in [3.63, 3.8) is 0 Å². The van der Waals surface area contributed by atoms with Crippen molar-refractivity contribution in [1.29, 1.82) is 0 Å². The third-order valence-electron chi connectivity index (χ3n) is 1.98. The molecule has 0 unspecified atom stereocenters. The summed E-state index contributed by atoms with van der Waals surface area (Å²) in [6.45, 7) is 5.47. The smallest absolute Gasteiger partial charge is 0.155 e. The predicted molar refractivity (Wildman–Crippen MR) is 55.5 cm³/mol. The average Bonchev–Trinajstić information content (AvgIpc) is 2.04. The molecule has 1 heteroatoms. The van der Waals surface area contributed by atoms with Crippen LogP contribution >= 0.6 is 0 Å². The van der Waals surface area contributed by atoms with Crippen molar-refractivity contribution in [2.45, 2.75) is 20.8 Å². The van der Waals surface area contributed by atoms with Gasteiger partial charge in [-0.05, 0) is 38.0 Å². The number of hydrogen-bond donors (Lipinski definition) is 0. The molecule has 0 spiro atoms. The van der Waals surface area contributed by atoms with Crippen LogP contribution in [0.3, 0.4) is 0 Å². The zero-order valence-electron chi connectivity index (χ0n) is 8.29. The van der Waals surface area contributed by atoms with Crippen LogP contribution in [0.4, 0.5) is 0 Å². The van der Waals surface area contributed by atoms with E-state index in [1.807, 2.05) is 38.1 Å². The van der Waals surface area contributed by atoms with E-state index < -0.39 is 0 Å². The summed E-state index contributed by atoms with van der Waals surface area (Å²) >= 11 is 0. The first kappa shape index (κ1) is 9.72. The van der Waals surface area contributed by atoms with Crippen LogP contribution in [0.1, 0.15) is 25.0 Å². The topological polar surface area (TPSA) is 17.1 Å². The number of ketones is 1. The first-order chi connectivity index (χ1) is 6.09. The molecule has 0 atom stereocenters. The van der Waals surface area contributed by atoms with Crippen LogP contribution in [-0.4, -0.2) is 5.78 Å². The minimum absolute atomic E-state index is 0.126. The van der Waals surface area contributed by atoms with E-state index in [2.05, 4.69) is 6.07 Å². The first-order valence-corrected chi connectivity index (χ1v) is 4.35. The van der Waals surface area contributed by atoms with E-state index in [0.29, 0.717) is 0 Å². The lowest BCUT2D eigenvalue weighted by molar-refractivity contribution is -0.113. The van der Waals surface area contributed by atoms with Crippen molar-refractivity contribution >= 4 is 11.9 Å². The largest absolute Gasteiger partial charge is 0.295 e. The molecular weight excluding hydrogens is 160 g/mol. The Kier molecular flexibility index (Phi) is 3.02. The lowest BCUT2D eigenvalue weighted by atomic mass is 10.1. The van der Waals surface area contributed by atoms with E-state index in [9.17, 15) is 4.79 Å². The lowest BCUT2D eigenvalue weighted by Crippen LogP contribution is -1.90. The van der Waals surface area contributed by atoms with Crippen LogP contribution in [0.2, 0.25) is 0 Å². The van der Waals surface area contributed by atoms with Gasteiger partial charge in [0, 0.05) is 0 Å².